The number of carbonyl (C=O) groups excluding carboxylic acids is 1. The quantitative estimate of drug-likeness (QED) is 0.752. The van der Waals surface area contributed by atoms with Gasteiger partial charge in [0.05, 0.1) is 12.5 Å². The monoisotopic (exact) mass is 246 g/mol. The molecule has 0 saturated carbocycles. The van der Waals surface area contributed by atoms with Gasteiger partial charge in [0.2, 0.25) is 5.91 Å². The lowest BCUT2D eigenvalue weighted by molar-refractivity contribution is -0.120. The van der Waals surface area contributed by atoms with Crippen molar-refractivity contribution in [2.75, 3.05) is 5.32 Å². The van der Waals surface area contributed by atoms with Gasteiger partial charge in [0.25, 0.3) is 0 Å². The van der Waals surface area contributed by atoms with Crippen molar-refractivity contribution in [2.45, 2.75) is 38.0 Å². The number of anilines is 1. The molecule has 3 N–H and O–H groups in total. The first-order valence-electron chi connectivity index (χ1n) is 6.53. The highest BCUT2D eigenvalue weighted by molar-refractivity contribution is 5.93. The molecule has 1 aromatic rings. The maximum Gasteiger partial charge on any atom is 0.229 e. The van der Waals surface area contributed by atoms with Crippen LogP contribution >= 0.6 is 0 Å². The van der Waals surface area contributed by atoms with Crippen LogP contribution in [0.25, 0.3) is 0 Å². The number of amides is 1. The van der Waals surface area contributed by atoms with E-state index < -0.39 is 0 Å². The zero-order chi connectivity index (χ0) is 12.5. The summed E-state index contributed by atoms with van der Waals surface area (Å²) in [5.74, 6) is 0.229. The van der Waals surface area contributed by atoms with Gasteiger partial charge in [-0.15, -0.1) is 0 Å². The Kier molecular flexibility index (Phi) is 3.06. The second-order valence-corrected chi connectivity index (χ2v) is 5.23. The number of hydrogen-bond donors (Lipinski definition) is 3. The number of nitrogens with one attached hydrogen (secondary N) is 2. The molecule has 2 aliphatic heterocycles. The summed E-state index contributed by atoms with van der Waals surface area (Å²) in [6.07, 6.45) is 3.29. The van der Waals surface area contributed by atoms with E-state index in [1.54, 1.807) is 0 Å². The Morgan fingerprint density at radius 2 is 2.11 bits per heavy atom. The molecule has 0 aliphatic carbocycles. The summed E-state index contributed by atoms with van der Waals surface area (Å²) in [5, 5.41) is 15.4. The van der Waals surface area contributed by atoms with Gasteiger partial charge in [-0.1, -0.05) is 12.1 Å². The van der Waals surface area contributed by atoms with Gasteiger partial charge in [0.15, 0.2) is 0 Å². The molecular weight excluding hydrogens is 228 g/mol. The molecule has 0 spiro atoms. The lowest BCUT2D eigenvalue weighted by atomic mass is 9.88. The molecule has 3 atom stereocenters. The van der Waals surface area contributed by atoms with Gasteiger partial charge in [-0.2, -0.15) is 0 Å². The summed E-state index contributed by atoms with van der Waals surface area (Å²) in [6.45, 7) is 0.0323. The average molecular weight is 246 g/mol. The Labute approximate surface area is 106 Å². The molecule has 2 bridgehead atoms. The highest BCUT2D eigenvalue weighted by atomic mass is 16.3. The molecule has 0 aromatic heterocycles. The van der Waals surface area contributed by atoms with E-state index in [2.05, 4.69) is 10.6 Å². The summed E-state index contributed by atoms with van der Waals surface area (Å²) in [5.41, 5.74) is 1.66. The van der Waals surface area contributed by atoms with Gasteiger partial charge in [0, 0.05) is 17.8 Å². The maximum absolute atomic E-state index is 12.2. The molecule has 2 saturated heterocycles. The third kappa shape index (κ3) is 2.13. The Hall–Kier alpha value is -1.39. The van der Waals surface area contributed by atoms with Crippen LogP contribution in [0.4, 0.5) is 5.69 Å². The third-order valence-electron chi connectivity index (χ3n) is 4.04. The van der Waals surface area contributed by atoms with E-state index in [1.807, 2.05) is 24.3 Å². The normalized spacial score (nSPS) is 29.5. The van der Waals surface area contributed by atoms with E-state index in [0.717, 1.165) is 24.1 Å². The predicted octanol–water partition coefficient (Wildman–Crippen LogP) is 1.26. The van der Waals surface area contributed by atoms with Crippen LogP contribution in [0.2, 0.25) is 0 Å². The van der Waals surface area contributed by atoms with Crippen LogP contribution < -0.4 is 10.6 Å². The van der Waals surface area contributed by atoms with Crippen molar-refractivity contribution in [1.29, 1.82) is 0 Å². The zero-order valence-electron chi connectivity index (χ0n) is 10.2. The van der Waals surface area contributed by atoms with Crippen molar-refractivity contribution in [1.82, 2.24) is 5.32 Å². The molecule has 0 radical (unpaired) electrons. The van der Waals surface area contributed by atoms with Crippen molar-refractivity contribution < 1.29 is 9.90 Å². The molecule has 2 heterocycles. The van der Waals surface area contributed by atoms with Crippen molar-refractivity contribution in [3.05, 3.63) is 29.8 Å². The lowest BCUT2D eigenvalue weighted by Crippen LogP contribution is -2.32. The number of benzene rings is 1. The van der Waals surface area contributed by atoms with Gasteiger partial charge < -0.3 is 15.7 Å². The maximum atomic E-state index is 12.2. The van der Waals surface area contributed by atoms with Gasteiger partial charge in [-0.25, -0.2) is 0 Å². The summed E-state index contributed by atoms with van der Waals surface area (Å²) >= 11 is 0. The molecule has 1 amide bonds. The van der Waals surface area contributed by atoms with Gasteiger partial charge >= 0.3 is 0 Å². The molecule has 3 unspecified atom stereocenters. The number of aliphatic hydroxyl groups is 1. The van der Waals surface area contributed by atoms with Crippen LogP contribution in [0.3, 0.4) is 0 Å². The van der Waals surface area contributed by atoms with E-state index in [9.17, 15) is 4.79 Å². The van der Waals surface area contributed by atoms with Crippen molar-refractivity contribution in [3.8, 4) is 0 Å². The predicted molar refractivity (Wildman–Crippen MR) is 69.0 cm³/mol. The summed E-state index contributed by atoms with van der Waals surface area (Å²) in [7, 11) is 0. The van der Waals surface area contributed by atoms with Gasteiger partial charge in [-0.05, 0) is 37.0 Å². The summed E-state index contributed by atoms with van der Waals surface area (Å²) < 4.78 is 0. The Balaban J connectivity index is 1.63. The SMILES string of the molecule is O=C(Nc1ccc(CO)cc1)C1CC2CCC1N2. The highest BCUT2D eigenvalue weighted by Crippen LogP contribution is 2.33. The van der Waals surface area contributed by atoms with E-state index in [1.165, 1.54) is 6.42 Å². The molecule has 4 nitrogen and oxygen atoms in total. The van der Waals surface area contributed by atoms with E-state index in [-0.39, 0.29) is 18.4 Å². The van der Waals surface area contributed by atoms with E-state index in [4.69, 9.17) is 5.11 Å². The van der Waals surface area contributed by atoms with Crippen LogP contribution in [0.15, 0.2) is 24.3 Å². The van der Waals surface area contributed by atoms with Crippen LogP contribution in [0, 0.1) is 5.92 Å². The minimum atomic E-state index is 0.0323. The molecular formula is C14H18N2O2. The second-order valence-electron chi connectivity index (χ2n) is 5.23. The molecule has 96 valence electrons. The van der Waals surface area contributed by atoms with Crippen LogP contribution in [-0.4, -0.2) is 23.1 Å². The topological polar surface area (TPSA) is 61.4 Å². The van der Waals surface area contributed by atoms with Crippen molar-refractivity contribution in [2.24, 2.45) is 5.92 Å². The van der Waals surface area contributed by atoms with E-state index in [0.29, 0.717) is 12.1 Å². The smallest absolute Gasteiger partial charge is 0.229 e. The molecule has 18 heavy (non-hydrogen) atoms. The Morgan fingerprint density at radius 3 is 2.67 bits per heavy atom. The molecule has 2 aliphatic rings. The third-order valence-corrected chi connectivity index (χ3v) is 4.04. The fourth-order valence-corrected chi connectivity index (χ4v) is 3.04. The lowest BCUT2D eigenvalue weighted by Gasteiger charge is -2.19. The molecule has 3 rings (SSSR count). The fourth-order valence-electron chi connectivity index (χ4n) is 3.04. The Morgan fingerprint density at radius 1 is 1.33 bits per heavy atom. The number of hydrogen-bond acceptors (Lipinski definition) is 3. The first-order valence-corrected chi connectivity index (χ1v) is 6.53. The molecule has 1 aromatic carbocycles. The van der Waals surface area contributed by atoms with E-state index >= 15 is 0 Å². The zero-order valence-corrected chi connectivity index (χ0v) is 10.2. The fraction of sp³-hybridized carbons (Fsp3) is 0.500. The first-order chi connectivity index (χ1) is 8.76. The average Bonchev–Trinajstić information content (AvgIpc) is 3.02. The number of aliphatic hydroxyl groups excluding tert-OH is 1. The highest BCUT2D eigenvalue weighted by Gasteiger charge is 2.42. The van der Waals surface area contributed by atoms with Crippen molar-refractivity contribution >= 4 is 11.6 Å². The summed E-state index contributed by atoms with van der Waals surface area (Å²) in [6, 6.07) is 8.24. The largest absolute Gasteiger partial charge is 0.392 e. The number of fused-ring (bicyclic) bond motifs is 2. The van der Waals surface area contributed by atoms with Crippen LogP contribution in [0.5, 0.6) is 0 Å². The second kappa shape index (κ2) is 4.71. The minimum Gasteiger partial charge on any atom is -0.392 e. The number of carbonyl (C=O) groups is 1. The first kappa shape index (κ1) is 11.7. The minimum absolute atomic E-state index is 0.0323. The summed E-state index contributed by atoms with van der Waals surface area (Å²) in [4.78, 5) is 12.2. The number of rotatable bonds is 3. The Bertz CT molecular complexity index is 444. The van der Waals surface area contributed by atoms with Gasteiger partial charge in [-0.3, -0.25) is 4.79 Å². The molecule has 4 heteroatoms. The van der Waals surface area contributed by atoms with Crippen molar-refractivity contribution in [3.63, 3.8) is 0 Å². The molecule has 2 fully saturated rings. The van der Waals surface area contributed by atoms with Crippen LogP contribution in [-0.2, 0) is 11.4 Å². The van der Waals surface area contributed by atoms with Gasteiger partial charge in [0.1, 0.15) is 0 Å². The standard InChI is InChI=1S/C14H18N2O2/c17-8-9-1-3-10(4-2-9)16-14(18)12-7-11-5-6-13(12)15-11/h1-4,11-13,15,17H,5-8H2,(H,16,18). The van der Waals surface area contributed by atoms with Crippen LogP contribution in [0.1, 0.15) is 24.8 Å².